The van der Waals surface area contributed by atoms with E-state index in [2.05, 4.69) is 20.7 Å². The van der Waals surface area contributed by atoms with Crippen LogP contribution in [0.2, 0.25) is 5.02 Å². The number of halogens is 1. The van der Waals surface area contributed by atoms with Crippen molar-refractivity contribution in [2.45, 2.75) is 25.3 Å². The molecule has 31 heavy (non-hydrogen) atoms. The molecule has 9 nitrogen and oxygen atoms in total. The monoisotopic (exact) mass is 440 g/mol. The van der Waals surface area contributed by atoms with Gasteiger partial charge in [-0.25, -0.2) is 4.79 Å². The van der Waals surface area contributed by atoms with Crippen molar-refractivity contribution in [3.63, 3.8) is 0 Å². The molecule has 1 aliphatic rings. The SMILES string of the molecule is NC(=O)C1CCCC1NC(=O)c1ccc(Nc2nn(-c3cccc(Cl)c3)c(=O)[nH]2)cc1. The lowest BCUT2D eigenvalue weighted by molar-refractivity contribution is -0.122. The van der Waals surface area contributed by atoms with Gasteiger partial charge >= 0.3 is 5.69 Å². The van der Waals surface area contributed by atoms with Crippen LogP contribution in [0.4, 0.5) is 11.6 Å². The Morgan fingerprint density at radius 3 is 2.65 bits per heavy atom. The van der Waals surface area contributed by atoms with Gasteiger partial charge in [0.05, 0.1) is 11.6 Å². The third kappa shape index (κ3) is 4.61. The molecule has 2 amide bonds. The number of benzene rings is 2. The molecular formula is C21H21ClN6O3. The highest BCUT2D eigenvalue weighted by Crippen LogP contribution is 2.25. The van der Waals surface area contributed by atoms with Gasteiger partial charge < -0.3 is 16.4 Å². The van der Waals surface area contributed by atoms with Gasteiger partial charge in [0.1, 0.15) is 0 Å². The molecule has 1 heterocycles. The van der Waals surface area contributed by atoms with Crippen molar-refractivity contribution in [1.29, 1.82) is 0 Å². The highest BCUT2D eigenvalue weighted by atomic mass is 35.5. The first kappa shape index (κ1) is 20.7. The first-order valence-corrected chi connectivity index (χ1v) is 10.2. The molecule has 0 spiro atoms. The number of anilines is 2. The normalized spacial score (nSPS) is 18.0. The summed E-state index contributed by atoms with van der Waals surface area (Å²) in [7, 11) is 0. The maximum atomic E-state index is 12.5. The highest BCUT2D eigenvalue weighted by Gasteiger charge is 2.32. The predicted octanol–water partition coefficient (Wildman–Crippen LogP) is 2.34. The summed E-state index contributed by atoms with van der Waals surface area (Å²) in [6.07, 6.45) is 2.30. The zero-order valence-electron chi connectivity index (χ0n) is 16.5. The average molecular weight is 441 g/mol. The summed E-state index contributed by atoms with van der Waals surface area (Å²) in [5, 5.41) is 10.6. The van der Waals surface area contributed by atoms with Crippen LogP contribution in [0.25, 0.3) is 5.69 Å². The number of hydrogen-bond donors (Lipinski definition) is 4. The third-order valence-electron chi connectivity index (χ3n) is 5.28. The summed E-state index contributed by atoms with van der Waals surface area (Å²) >= 11 is 5.98. The Bertz CT molecular complexity index is 1170. The van der Waals surface area contributed by atoms with Crippen LogP contribution in [0.15, 0.2) is 53.3 Å². The van der Waals surface area contributed by atoms with Gasteiger partial charge in [-0.05, 0) is 55.3 Å². The van der Waals surface area contributed by atoms with E-state index in [1.807, 2.05) is 0 Å². The quantitative estimate of drug-likeness (QED) is 0.466. The first-order valence-electron chi connectivity index (χ1n) is 9.83. The molecule has 4 rings (SSSR count). The van der Waals surface area contributed by atoms with Crippen LogP contribution < -0.4 is 22.1 Å². The van der Waals surface area contributed by atoms with E-state index in [1.165, 1.54) is 4.68 Å². The molecule has 0 bridgehead atoms. The van der Waals surface area contributed by atoms with Gasteiger partial charge in [0.25, 0.3) is 5.91 Å². The number of aromatic amines is 1. The standard InChI is InChI=1S/C21H21ClN6O3/c22-13-3-1-4-15(11-13)28-21(31)26-20(27-28)24-14-9-7-12(8-10-14)19(30)25-17-6-2-5-16(17)18(23)29/h1,3-4,7-11,16-17H,2,5-6H2,(H2,23,29)(H,25,30)(H2,24,26,27,31). The predicted molar refractivity (Wildman–Crippen MR) is 117 cm³/mol. The molecule has 160 valence electrons. The Morgan fingerprint density at radius 2 is 1.94 bits per heavy atom. The van der Waals surface area contributed by atoms with Crippen molar-refractivity contribution in [1.82, 2.24) is 20.1 Å². The second-order valence-electron chi connectivity index (χ2n) is 7.39. The van der Waals surface area contributed by atoms with Crippen LogP contribution in [0.5, 0.6) is 0 Å². The van der Waals surface area contributed by atoms with Crippen LogP contribution in [-0.4, -0.2) is 32.6 Å². The Hall–Kier alpha value is -3.59. The number of primary amides is 1. The van der Waals surface area contributed by atoms with Crippen LogP contribution in [0, 0.1) is 5.92 Å². The van der Waals surface area contributed by atoms with Crippen molar-refractivity contribution in [3.8, 4) is 5.69 Å². The van der Waals surface area contributed by atoms with Gasteiger partial charge in [-0.15, -0.1) is 5.10 Å². The van der Waals surface area contributed by atoms with Crippen molar-refractivity contribution in [2.24, 2.45) is 11.7 Å². The zero-order valence-corrected chi connectivity index (χ0v) is 17.2. The van der Waals surface area contributed by atoms with Gasteiger partial charge in [0.15, 0.2) is 0 Å². The smallest absolute Gasteiger partial charge is 0.349 e. The topological polar surface area (TPSA) is 135 Å². The largest absolute Gasteiger partial charge is 0.369 e. The number of H-pyrrole nitrogens is 1. The fourth-order valence-corrected chi connectivity index (χ4v) is 3.92. The molecule has 0 radical (unpaired) electrons. The lowest BCUT2D eigenvalue weighted by Crippen LogP contribution is -2.42. The minimum Gasteiger partial charge on any atom is -0.369 e. The number of aromatic nitrogens is 3. The average Bonchev–Trinajstić information content (AvgIpc) is 3.35. The molecule has 1 fully saturated rings. The molecular weight excluding hydrogens is 420 g/mol. The van der Waals surface area contributed by atoms with E-state index in [4.69, 9.17) is 17.3 Å². The lowest BCUT2D eigenvalue weighted by atomic mass is 10.0. The number of rotatable bonds is 6. The first-order chi connectivity index (χ1) is 14.9. The van der Waals surface area contributed by atoms with Gasteiger partial charge in [0, 0.05) is 22.3 Å². The fraction of sp³-hybridized carbons (Fsp3) is 0.238. The van der Waals surface area contributed by atoms with Gasteiger partial charge in [-0.1, -0.05) is 24.1 Å². The van der Waals surface area contributed by atoms with Crippen molar-refractivity contribution < 1.29 is 9.59 Å². The molecule has 10 heteroatoms. The summed E-state index contributed by atoms with van der Waals surface area (Å²) in [6.45, 7) is 0. The number of amides is 2. The number of nitrogens with one attached hydrogen (secondary N) is 3. The van der Waals surface area contributed by atoms with Crippen molar-refractivity contribution >= 4 is 35.1 Å². The van der Waals surface area contributed by atoms with Crippen LogP contribution in [-0.2, 0) is 4.79 Å². The number of nitrogens with zero attached hydrogens (tertiary/aromatic N) is 2. The van der Waals surface area contributed by atoms with Crippen molar-refractivity contribution in [2.75, 3.05) is 5.32 Å². The minimum atomic E-state index is -0.415. The molecule has 2 atom stereocenters. The van der Waals surface area contributed by atoms with E-state index in [0.29, 0.717) is 28.4 Å². The number of nitrogens with two attached hydrogens (primary N) is 1. The summed E-state index contributed by atoms with van der Waals surface area (Å²) in [5.74, 6) is -0.717. The second-order valence-corrected chi connectivity index (χ2v) is 7.83. The van der Waals surface area contributed by atoms with E-state index in [-0.39, 0.29) is 29.7 Å². The Morgan fingerprint density at radius 1 is 1.16 bits per heavy atom. The minimum absolute atomic E-state index is 0.233. The molecule has 1 aromatic heterocycles. The van der Waals surface area contributed by atoms with Gasteiger partial charge in [0.2, 0.25) is 11.9 Å². The molecule has 2 aromatic carbocycles. The highest BCUT2D eigenvalue weighted by molar-refractivity contribution is 6.30. The Kier molecular flexibility index (Phi) is 5.77. The van der Waals surface area contributed by atoms with E-state index >= 15 is 0 Å². The van der Waals surface area contributed by atoms with E-state index in [9.17, 15) is 14.4 Å². The Balaban J connectivity index is 1.43. The van der Waals surface area contributed by atoms with Gasteiger partial charge in [-0.2, -0.15) is 4.68 Å². The summed E-state index contributed by atoms with van der Waals surface area (Å²) in [6, 6.07) is 13.3. The maximum absolute atomic E-state index is 12.5. The molecule has 0 aliphatic heterocycles. The van der Waals surface area contributed by atoms with Crippen LogP contribution in [0.3, 0.4) is 0 Å². The molecule has 1 saturated carbocycles. The molecule has 1 aliphatic carbocycles. The number of carbonyl (C=O) groups excluding carboxylic acids is 2. The summed E-state index contributed by atoms with van der Waals surface area (Å²) < 4.78 is 1.20. The van der Waals surface area contributed by atoms with Crippen LogP contribution >= 0.6 is 11.6 Å². The Labute approximate surface area is 182 Å². The van der Waals surface area contributed by atoms with E-state index in [1.54, 1.807) is 48.5 Å². The van der Waals surface area contributed by atoms with E-state index < -0.39 is 5.69 Å². The molecule has 0 saturated heterocycles. The fourth-order valence-electron chi connectivity index (χ4n) is 3.73. The second kappa shape index (κ2) is 8.65. The lowest BCUT2D eigenvalue weighted by Gasteiger charge is -2.18. The molecule has 3 aromatic rings. The van der Waals surface area contributed by atoms with Crippen molar-refractivity contribution in [3.05, 3.63) is 69.6 Å². The van der Waals surface area contributed by atoms with Gasteiger partial charge in [-0.3, -0.25) is 14.6 Å². The number of carbonyl (C=O) groups is 2. The van der Waals surface area contributed by atoms with Crippen LogP contribution in [0.1, 0.15) is 29.6 Å². The molecule has 2 unspecified atom stereocenters. The molecule has 5 N–H and O–H groups in total. The van der Waals surface area contributed by atoms with E-state index in [0.717, 1.165) is 12.8 Å². The zero-order chi connectivity index (χ0) is 22.0. The maximum Gasteiger partial charge on any atom is 0.349 e. The summed E-state index contributed by atoms with van der Waals surface area (Å²) in [5.41, 5.74) is 6.63. The number of hydrogen-bond acceptors (Lipinski definition) is 5. The third-order valence-corrected chi connectivity index (χ3v) is 5.51. The summed E-state index contributed by atoms with van der Waals surface area (Å²) in [4.78, 5) is 38.8.